The Balaban J connectivity index is 1.46. The Morgan fingerprint density at radius 2 is 1.71 bits per heavy atom. The Kier molecular flexibility index (Phi) is 6.53. The van der Waals surface area contributed by atoms with Crippen LogP contribution in [0.4, 0.5) is 24.7 Å². The second kappa shape index (κ2) is 8.99. The van der Waals surface area contributed by atoms with Gasteiger partial charge in [-0.05, 0) is 43.3 Å². The number of rotatable bonds is 4. The summed E-state index contributed by atoms with van der Waals surface area (Å²) in [5, 5.41) is -0.285. The van der Waals surface area contributed by atoms with Crippen LogP contribution in [-0.2, 0) is 21.0 Å². The van der Waals surface area contributed by atoms with E-state index in [1.165, 1.54) is 16.4 Å². The highest BCUT2D eigenvalue weighted by molar-refractivity contribution is 7.89. The fourth-order valence-corrected chi connectivity index (χ4v) is 5.79. The normalized spacial score (nSPS) is 22.5. The van der Waals surface area contributed by atoms with Gasteiger partial charge in [-0.3, -0.25) is 4.79 Å². The minimum absolute atomic E-state index is 0.0452. The molecule has 13 heteroatoms. The molecule has 2 aliphatic heterocycles. The lowest BCUT2D eigenvalue weighted by atomic mass is 10.1. The average Bonchev–Trinajstić information content (AvgIpc) is 3.04. The van der Waals surface area contributed by atoms with Gasteiger partial charge in [0.05, 0.1) is 10.5 Å². The van der Waals surface area contributed by atoms with E-state index in [1.54, 1.807) is 21.9 Å². The third kappa shape index (κ3) is 4.72. The summed E-state index contributed by atoms with van der Waals surface area (Å²) in [5.41, 5.74) is 5.61. The van der Waals surface area contributed by atoms with Crippen LogP contribution in [0, 0.1) is 0 Å². The fourth-order valence-electron chi connectivity index (χ4n) is 4.16. The number of alkyl halides is 3. The van der Waals surface area contributed by atoms with Crippen LogP contribution in [0.25, 0.3) is 0 Å². The number of benzene rings is 1. The molecule has 0 radical (unpaired) electrons. The molecule has 0 saturated carbocycles. The van der Waals surface area contributed by atoms with Crippen LogP contribution in [0.15, 0.2) is 41.3 Å². The highest BCUT2D eigenvalue weighted by atomic mass is 35.5. The highest BCUT2D eigenvalue weighted by Crippen LogP contribution is 2.33. The lowest BCUT2D eigenvalue weighted by molar-refractivity contribution is -0.137. The molecule has 2 aromatic rings. The molecule has 2 aliphatic rings. The summed E-state index contributed by atoms with van der Waals surface area (Å²) in [6, 6.07) is 7.20. The molecule has 2 atom stereocenters. The van der Waals surface area contributed by atoms with E-state index in [0.717, 1.165) is 12.1 Å². The number of carbonyl (C=O) groups excluding carboxylic acids is 1. The van der Waals surface area contributed by atoms with Crippen LogP contribution >= 0.6 is 11.6 Å². The number of halogens is 4. The second-order valence-corrected chi connectivity index (χ2v) is 10.6. The summed E-state index contributed by atoms with van der Waals surface area (Å²) in [7, 11) is -3.83. The number of hydrogen-bond acceptors (Lipinski definition) is 6. The van der Waals surface area contributed by atoms with Crippen molar-refractivity contribution in [1.82, 2.24) is 9.29 Å². The first-order chi connectivity index (χ1) is 15.9. The lowest BCUT2D eigenvalue weighted by Crippen LogP contribution is -2.49. The monoisotopic (exact) mass is 517 g/mol. The molecule has 184 valence electrons. The highest BCUT2D eigenvalue weighted by Gasteiger charge is 2.36. The maximum absolute atomic E-state index is 13.1. The van der Waals surface area contributed by atoms with Crippen molar-refractivity contribution < 1.29 is 26.4 Å². The lowest BCUT2D eigenvalue weighted by Gasteiger charge is -2.35. The van der Waals surface area contributed by atoms with Gasteiger partial charge in [-0.2, -0.15) is 17.5 Å². The topological polar surface area (TPSA) is 99.8 Å². The van der Waals surface area contributed by atoms with Crippen LogP contribution in [0.5, 0.6) is 0 Å². The van der Waals surface area contributed by atoms with Crippen molar-refractivity contribution in [2.24, 2.45) is 5.73 Å². The molecule has 8 nitrogen and oxygen atoms in total. The van der Waals surface area contributed by atoms with E-state index in [2.05, 4.69) is 4.98 Å². The van der Waals surface area contributed by atoms with Crippen molar-refractivity contribution in [1.29, 1.82) is 0 Å². The van der Waals surface area contributed by atoms with Crippen LogP contribution < -0.4 is 15.5 Å². The molecule has 1 aromatic carbocycles. The molecular weight excluding hydrogens is 495 g/mol. The van der Waals surface area contributed by atoms with Crippen molar-refractivity contribution >= 4 is 39.0 Å². The minimum atomic E-state index is -4.57. The number of nitrogens with two attached hydrogens (primary N) is 1. The van der Waals surface area contributed by atoms with Gasteiger partial charge in [-0.15, -0.1) is 0 Å². The SMILES string of the molecule is CC1C(N)CC(=O)N1c1ccc(S(=O)(=O)N2CCN(c3cc(C(F)(F)F)cc(Cl)n3)CC2)cc1. The number of sulfonamides is 1. The molecule has 1 amide bonds. The summed E-state index contributed by atoms with van der Waals surface area (Å²) in [4.78, 5) is 19.4. The van der Waals surface area contributed by atoms with Gasteiger partial charge in [-0.25, -0.2) is 13.4 Å². The Morgan fingerprint density at radius 3 is 2.24 bits per heavy atom. The maximum Gasteiger partial charge on any atom is 0.416 e. The van der Waals surface area contributed by atoms with Crippen molar-refractivity contribution in [3.05, 3.63) is 47.1 Å². The molecule has 2 fully saturated rings. The number of piperazine rings is 1. The zero-order valence-corrected chi connectivity index (χ0v) is 19.7. The van der Waals surface area contributed by atoms with E-state index in [4.69, 9.17) is 17.3 Å². The van der Waals surface area contributed by atoms with E-state index < -0.39 is 21.8 Å². The molecular formula is C21H23ClF3N5O3S. The maximum atomic E-state index is 13.1. The number of pyridine rings is 1. The average molecular weight is 518 g/mol. The standard InChI is InChI=1S/C21H23ClF3N5O3S/c1-13-17(26)12-20(31)30(13)15-2-4-16(5-3-15)34(32,33)29-8-6-28(7-9-29)19-11-14(21(23,24)25)10-18(22)27-19/h2-5,10-11,13,17H,6-9,12,26H2,1H3. The molecule has 0 aliphatic carbocycles. The quantitative estimate of drug-likeness (QED) is 0.626. The number of anilines is 2. The molecule has 4 rings (SSSR count). The third-order valence-corrected chi connectivity index (χ3v) is 8.24. The summed E-state index contributed by atoms with van der Waals surface area (Å²) in [6.45, 7) is 2.28. The molecule has 2 N–H and O–H groups in total. The Hall–Kier alpha value is -2.41. The summed E-state index contributed by atoms with van der Waals surface area (Å²) < 4.78 is 66.8. The largest absolute Gasteiger partial charge is 0.416 e. The molecule has 2 unspecified atom stereocenters. The van der Waals surface area contributed by atoms with E-state index in [0.29, 0.717) is 5.69 Å². The van der Waals surface area contributed by atoms with Crippen LogP contribution in [0.3, 0.4) is 0 Å². The number of nitrogens with zero attached hydrogens (tertiary/aromatic N) is 4. The van der Waals surface area contributed by atoms with Gasteiger partial charge in [0.1, 0.15) is 11.0 Å². The predicted molar refractivity (Wildman–Crippen MR) is 121 cm³/mol. The number of aromatic nitrogens is 1. The Labute approximate surface area is 200 Å². The van der Waals surface area contributed by atoms with Crippen molar-refractivity contribution in [2.45, 2.75) is 36.5 Å². The van der Waals surface area contributed by atoms with Gasteiger partial charge >= 0.3 is 6.18 Å². The Morgan fingerprint density at radius 1 is 1.09 bits per heavy atom. The van der Waals surface area contributed by atoms with Crippen molar-refractivity contribution in [3.8, 4) is 0 Å². The zero-order valence-electron chi connectivity index (χ0n) is 18.2. The first kappa shape index (κ1) is 24.7. The minimum Gasteiger partial charge on any atom is -0.354 e. The predicted octanol–water partition coefficient (Wildman–Crippen LogP) is 2.72. The van der Waals surface area contributed by atoms with E-state index in [-0.39, 0.29) is 66.5 Å². The van der Waals surface area contributed by atoms with Gasteiger partial charge in [-0.1, -0.05) is 11.6 Å². The van der Waals surface area contributed by atoms with Gasteiger partial charge in [0.2, 0.25) is 15.9 Å². The molecule has 34 heavy (non-hydrogen) atoms. The van der Waals surface area contributed by atoms with Gasteiger partial charge < -0.3 is 15.5 Å². The first-order valence-corrected chi connectivity index (χ1v) is 12.4. The summed E-state index contributed by atoms with van der Waals surface area (Å²) in [5.74, 6) is -0.0705. The zero-order chi connectivity index (χ0) is 24.8. The molecule has 1 aromatic heterocycles. The number of hydrogen-bond donors (Lipinski definition) is 1. The second-order valence-electron chi connectivity index (χ2n) is 8.29. The number of carbonyl (C=O) groups is 1. The first-order valence-electron chi connectivity index (χ1n) is 10.6. The summed E-state index contributed by atoms with van der Waals surface area (Å²) >= 11 is 5.77. The van der Waals surface area contributed by atoms with Crippen molar-refractivity contribution in [2.75, 3.05) is 36.0 Å². The van der Waals surface area contributed by atoms with Crippen molar-refractivity contribution in [3.63, 3.8) is 0 Å². The summed E-state index contributed by atoms with van der Waals surface area (Å²) in [6.07, 6.45) is -4.33. The van der Waals surface area contributed by atoms with E-state index in [9.17, 15) is 26.4 Å². The molecule has 3 heterocycles. The smallest absolute Gasteiger partial charge is 0.354 e. The van der Waals surface area contributed by atoms with E-state index >= 15 is 0 Å². The molecule has 2 saturated heterocycles. The van der Waals surface area contributed by atoms with E-state index in [1.807, 2.05) is 6.92 Å². The third-order valence-electron chi connectivity index (χ3n) is 6.13. The molecule has 0 spiro atoms. The van der Waals surface area contributed by atoms with Crippen LogP contribution in [-0.4, -0.2) is 61.9 Å². The van der Waals surface area contributed by atoms with Gasteiger partial charge in [0.15, 0.2) is 0 Å². The fraction of sp³-hybridized carbons (Fsp3) is 0.429. The van der Waals surface area contributed by atoms with Gasteiger partial charge in [0.25, 0.3) is 0 Å². The molecule has 0 bridgehead atoms. The van der Waals surface area contributed by atoms with Crippen LogP contribution in [0.2, 0.25) is 5.15 Å². The Bertz CT molecular complexity index is 1190. The van der Waals surface area contributed by atoms with Crippen LogP contribution in [0.1, 0.15) is 18.9 Å². The number of amides is 1. The van der Waals surface area contributed by atoms with Gasteiger partial charge in [0, 0.05) is 50.4 Å².